The van der Waals surface area contributed by atoms with Crippen molar-refractivity contribution in [1.82, 2.24) is 9.38 Å². The standard InChI is InChI=1S/C11H14N2/c1-11(2,3)9-5-8-13-7-4-6-12-10(9)13/h4-8H,1-3H3. The number of hydrogen-bond donors (Lipinski definition) is 0. The molecule has 0 spiro atoms. The van der Waals surface area contributed by atoms with E-state index in [1.165, 1.54) is 5.56 Å². The van der Waals surface area contributed by atoms with E-state index in [0.29, 0.717) is 0 Å². The van der Waals surface area contributed by atoms with Gasteiger partial charge >= 0.3 is 0 Å². The Kier molecular flexibility index (Phi) is 1.65. The molecule has 0 radical (unpaired) electrons. The molecule has 0 amide bonds. The molecule has 2 aromatic heterocycles. The summed E-state index contributed by atoms with van der Waals surface area (Å²) in [6.45, 7) is 6.62. The summed E-state index contributed by atoms with van der Waals surface area (Å²) in [5, 5.41) is 0. The smallest absolute Gasteiger partial charge is 0.140 e. The van der Waals surface area contributed by atoms with Gasteiger partial charge in [-0.05, 0) is 17.5 Å². The Bertz CT molecular complexity index is 421. The molecule has 68 valence electrons. The van der Waals surface area contributed by atoms with Gasteiger partial charge in [0.05, 0.1) is 0 Å². The maximum absolute atomic E-state index is 4.37. The summed E-state index contributed by atoms with van der Waals surface area (Å²) in [7, 11) is 0. The number of rotatable bonds is 0. The third kappa shape index (κ3) is 1.32. The lowest BCUT2D eigenvalue weighted by Crippen LogP contribution is -2.10. The van der Waals surface area contributed by atoms with E-state index in [1.54, 1.807) is 0 Å². The summed E-state index contributed by atoms with van der Waals surface area (Å²) >= 11 is 0. The molecule has 2 heteroatoms. The summed E-state index contributed by atoms with van der Waals surface area (Å²) in [5.74, 6) is 0. The average Bonchev–Trinajstić information content (AvgIpc) is 2.45. The fourth-order valence-corrected chi connectivity index (χ4v) is 1.53. The zero-order valence-electron chi connectivity index (χ0n) is 8.28. The van der Waals surface area contributed by atoms with Crippen molar-refractivity contribution >= 4 is 5.65 Å². The number of nitrogens with zero attached hydrogens (tertiary/aromatic N) is 2. The quantitative estimate of drug-likeness (QED) is 0.600. The van der Waals surface area contributed by atoms with E-state index in [0.717, 1.165) is 5.65 Å². The van der Waals surface area contributed by atoms with E-state index in [1.807, 2.05) is 18.5 Å². The highest BCUT2D eigenvalue weighted by Gasteiger charge is 2.17. The Morgan fingerprint density at radius 2 is 2.00 bits per heavy atom. The largest absolute Gasteiger partial charge is 0.308 e. The fourth-order valence-electron chi connectivity index (χ4n) is 1.53. The van der Waals surface area contributed by atoms with Gasteiger partial charge in [-0.1, -0.05) is 20.8 Å². The first-order chi connectivity index (χ1) is 6.09. The third-order valence-electron chi connectivity index (χ3n) is 2.22. The fraction of sp³-hybridized carbons (Fsp3) is 0.364. The van der Waals surface area contributed by atoms with Gasteiger partial charge in [0.15, 0.2) is 0 Å². The highest BCUT2D eigenvalue weighted by molar-refractivity contribution is 5.51. The van der Waals surface area contributed by atoms with Crippen molar-refractivity contribution in [3.63, 3.8) is 0 Å². The number of fused-ring (bicyclic) bond motifs is 1. The van der Waals surface area contributed by atoms with E-state index in [2.05, 4.69) is 42.4 Å². The highest BCUT2D eigenvalue weighted by atomic mass is 15.0. The Balaban J connectivity index is 2.72. The van der Waals surface area contributed by atoms with Crippen molar-refractivity contribution in [2.75, 3.05) is 0 Å². The van der Waals surface area contributed by atoms with E-state index in [9.17, 15) is 0 Å². The van der Waals surface area contributed by atoms with Crippen LogP contribution in [0.2, 0.25) is 0 Å². The molecule has 0 atom stereocenters. The Morgan fingerprint density at radius 3 is 2.69 bits per heavy atom. The van der Waals surface area contributed by atoms with Crippen LogP contribution >= 0.6 is 0 Å². The first-order valence-corrected chi connectivity index (χ1v) is 4.51. The third-order valence-corrected chi connectivity index (χ3v) is 2.22. The van der Waals surface area contributed by atoms with Crippen LogP contribution < -0.4 is 0 Å². The van der Waals surface area contributed by atoms with Crippen LogP contribution in [-0.2, 0) is 5.41 Å². The van der Waals surface area contributed by atoms with Crippen molar-refractivity contribution < 1.29 is 0 Å². The molecular formula is C11H14N2. The van der Waals surface area contributed by atoms with E-state index in [-0.39, 0.29) is 5.41 Å². The average molecular weight is 174 g/mol. The van der Waals surface area contributed by atoms with Crippen LogP contribution in [0.1, 0.15) is 26.3 Å². The number of hydrogen-bond acceptors (Lipinski definition) is 1. The lowest BCUT2D eigenvalue weighted by molar-refractivity contribution is 0.595. The van der Waals surface area contributed by atoms with Crippen molar-refractivity contribution in [1.29, 1.82) is 0 Å². The lowest BCUT2D eigenvalue weighted by Gasteiger charge is -2.16. The molecule has 0 aliphatic heterocycles. The first kappa shape index (κ1) is 8.30. The monoisotopic (exact) mass is 174 g/mol. The Labute approximate surface area is 78.2 Å². The second-order valence-electron chi connectivity index (χ2n) is 4.33. The molecular weight excluding hydrogens is 160 g/mol. The molecule has 2 aromatic rings. The normalized spacial score (nSPS) is 12.2. The van der Waals surface area contributed by atoms with Crippen molar-refractivity contribution in [2.45, 2.75) is 26.2 Å². The first-order valence-electron chi connectivity index (χ1n) is 4.51. The molecule has 0 N–H and O–H groups in total. The molecule has 2 rings (SSSR count). The highest BCUT2D eigenvalue weighted by Crippen LogP contribution is 2.25. The van der Waals surface area contributed by atoms with Crippen LogP contribution in [0, 0.1) is 0 Å². The summed E-state index contributed by atoms with van der Waals surface area (Å²) < 4.78 is 2.06. The van der Waals surface area contributed by atoms with Crippen LogP contribution in [0.5, 0.6) is 0 Å². The molecule has 0 bridgehead atoms. The maximum atomic E-state index is 4.37. The predicted octanol–water partition coefficient (Wildman–Crippen LogP) is 2.63. The molecule has 0 saturated carbocycles. The molecule has 0 aliphatic rings. The predicted molar refractivity (Wildman–Crippen MR) is 53.9 cm³/mol. The molecule has 0 aromatic carbocycles. The van der Waals surface area contributed by atoms with Crippen LogP contribution in [0.3, 0.4) is 0 Å². The van der Waals surface area contributed by atoms with Gasteiger partial charge in [0, 0.05) is 24.2 Å². The van der Waals surface area contributed by atoms with Gasteiger partial charge in [0.2, 0.25) is 0 Å². The second-order valence-corrected chi connectivity index (χ2v) is 4.33. The summed E-state index contributed by atoms with van der Waals surface area (Å²) in [5.41, 5.74) is 2.53. The Hall–Kier alpha value is -1.31. The molecule has 2 nitrogen and oxygen atoms in total. The Morgan fingerprint density at radius 1 is 1.23 bits per heavy atom. The second kappa shape index (κ2) is 2.59. The molecule has 0 fully saturated rings. The topological polar surface area (TPSA) is 17.3 Å². The van der Waals surface area contributed by atoms with Gasteiger partial charge in [-0.25, -0.2) is 4.98 Å². The van der Waals surface area contributed by atoms with Gasteiger partial charge in [-0.2, -0.15) is 0 Å². The zero-order chi connectivity index (χ0) is 9.47. The van der Waals surface area contributed by atoms with Crippen LogP contribution in [0.25, 0.3) is 5.65 Å². The zero-order valence-corrected chi connectivity index (χ0v) is 8.28. The van der Waals surface area contributed by atoms with Crippen molar-refractivity contribution in [3.05, 3.63) is 36.3 Å². The van der Waals surface area contributed by atoms with Crippen LogP contribution in [-0.4, -0.2) is 9.38 Å². The van der Waals surface area contributed by atoms with Crippen molar-refractivity contribution in [2.24, 2.45) is 0 Å². The van der Waals surface area contributed by atoms with Gasteiger partial charge in [0.1, 0.15) is 5.65 Å². The number of aromatic nitrogens is 2. The molecule has 0 saturated heterocycles. The van der Waals surface area contributed by atoms with E-state index >= 15 is 0 Å². The molecule has 0 aliphatic carbocycles. The maximum Gasteiger partial charge on any atom is 0.140 e. The van der Waals surface area contributed by atoms with Gasteiger partial charge < -0.3 is 4.40 Å². The molecule has 0 unspecified atom stereocenters. The van der Waals surface area contributed by atoms with Gasteiger partial charge in [-0.15, -0.1) is 0 Å². The lowest BCUT2D eigenvalue weighted by atomic mass is 9.89. The minimum atomic E-state index is 0.170. The van der Waals surface area contributed by atoms with Crippen molar-refractivity contribution in [3.8, 4) is 0 Å². The molecule has 2 heterocycles. The van der Waals surface area contributed by atoms with E-state index < -0.39 is 0 Å². The van der Waals surface area contributed by atoms with Gasteiger partial charge in [-0.3, -0.25) is 0 Å². The summed E-state index contributed by atoms with van der Waals surface area (Å²) in [6, 6.07) is 4.09. The minimum absolute atomic E-state index is 0.170. The van der Waals surface area contributed by atoms with E-state index in [4.69, 9.17) is 0 Å². The summed E-state index contributed by atoms with van der Waals surface area (Å²) in [4.78, 5) is 4.37. The van der Waals surface area contributed by atoms with Crippen LogP contribution in [0.15, 0.2) is 30.7 Å². The molecule has 13 heavy (non-hydrogen) atoms. The van der Waals surface area contributed by atoms with Crippen LogP contribution in [0.4, 0.5) is 0 Å². The summed E-state index contributed by atoms with van der Waals surface area (Å²) in [6.07, 6.45) is 5.92. The SMILES string of the molecule is CC(C)(C)c1ccn2cccnc12. The van der Waals surface area contributed by atoms with Gasteiger partial charge in [0.25, 0.3) is 0 Å². The minimum Gasteiger partial charge on any atom is -0.308 e.